The Hall–Kier alpha value is -4.18. The van der Waals surface area contributed by atoms with Crippen LogP contribution >= 0.6 is 0 Å². The molecule has 4 aliphatic rings. The van der Waals surface area contributed by atoms with Crippen molar-refractivity contribution in [2.75, 3.05) is 65.4 Å². The van der Waals surface area contributed by atoms with Gasteiger partial charge in [0.1, 0.15) is 17.2 Å². The van der Waals surface area contributed by atoms with E-state index in [-0.39, 0.29) is 37.5 Å². The molecule has 4 amide bonds. The van der Waals surface area contributed by atoms with Crippen molar-refractivity contribution in [2.45, 2.75) is 129 Å². The second-order valence-electron chi connectivity index (χ2n) is 18.2. The predicted molar refractivity (Wildman–Crippen MR) is 221 cm³/mol. The Morgan fingerprint density at radius 2 is 1.17 bits per heavy atom. The Bertz CT molecular complexity index is 1550. The molecule has 4 fully saturated rings. The number of ether oxygens (including phenoxy) is 2. The van der Waals surface area contributed by atoms with Gasteiger partial charge in [0, 0.05) is 96.8 Å². The Balaban J connectivity index is 0.000000247. The number of imidazole rings is 2. The zero-order valence-electron chi connectivity index (χ0n) is 35.9. The van der Waals surface area contributed by atoms with E-state index in [0.717, 1.165) is 90.3 Å². The fourth-order valence-electron chi connectivity index (χ4n) is 8.13. The van der Waals surface area contributed by atoms with Gasteiger partial charge in [-0.1, -0.05) is 0 Å². The summed E-state index contributed by atoms with van der Waals surface area (Å²) in [6, 6.07) is -0.814. The van der Waals surface area contributed by atoms with E-state index in [2.05, 4.69) is 34.6 Å². The average molecular weight is 811 g/mol. The van der Waals surface area contributed by atoms with Gasteiger partial charge in [-0.2, -0.15) is 0 Å². The maximum Gasteiger partial charge on any atom is 0.411 e. The highest BCUT2D eigenvalue weighted by Crippen LogP contribution is 2.26. The molecule has 2 atom stereocenters. The molecule has 6 rings (SSSR count). The summed E-state index contributed by atoms with van der Waals surface area (Å²) in [6.45, 7) is 19.2. The Morgan fingerprint density at radius 1 is 0.655 bits per heavy atom. The third-order valence-corrected chi connectivity index (χ3v) is 11.3. The number of nitrogens with one attached hydrogen (secondary N) is 2. The minimum absolute atomic E-state index is 0.0217. The number of likely N-dealkylation sites (tertiary alicyclic amines) is 2. The van der Waals surface area contributed by atoms with Crippen LogP contribution < -0.4 is 10.6 Å². The first-order valence-corrected chi connectivity index (χ1v) is 21.6. The molecule has 6 heterocycles. The molecule has 2 N–H and O–H groups in total. The lowest BCUT2D eigenvalue weighted by atomic mass is 9.91. The lowest BCUT2D eigenvalue weighted by molar-refractivity contribution is -0.140. The molecule has 4 aliphatic heterocycles. The molecule has 0 aliphatic carbocycles. The van der Waals surface area contributed by atoms with Crippen molar-refractivity contribution < 1.29 is 28.7 Å². The quantitative estimate of drug-likeness (QED) is 0.356. The number of hydrogen-bond donors (Lipinski definition) is 2. The SMILES string of the molecule is CC(C)(C)OC(=O)N1CCN(C(=O)OC(C)(C)C)C(C(=O)N2CCC(CCCn3ccnc3)CC2)C1.O=C(C1CNCCN1)N1CCC(CCCn2ccnc2)CC1. The molecule has 0 bridgehead atoms. The van der Waals surface area contributed by atoms with Gasteiger partial charge in [0.05, 0.1) is 25.2 Å². The van der Waals surface area contributed by atoms with Crippen molar-refractivity contribution in [3.63, 3.8) is 0 Å². The summed E-state index contributed by atoms with van der Waals surface area (Å²) in [5.74, 6) is 1.49. The average Bonchev–Trinajstić information content (AvgIpc) is 3.92. The first kappa shape index (κ1) is 44.9. The number of piperazine rings is 2. The highest BCUT2D eigenvalue weighted by Gasteiger charge is 2.42. The van der Waals surface area contributed by atoms with Gasteiger partial charge in [-0.15, -0.1) is 0 Å². The van der Waals surface area contributed by atoms with E-state index in [1.807, 2.05) is 56.9 Å². The van der Waals surface area contributed by atoms with E-state index >= 15 is 0 Å². The number of aromatic nitrogens is 4. The summed E-state index contributed by atoms with van der Waals surface area (Å²) in [5, 5.41) is 6.60. The highest BCUT2D eigenvalue weighted by molar-refractivity contribution is 5.87. The van der Waals surface area contributed by atoms with Crippen molar-refractivity contribution in [3.8, 4) is 0 Å². The zero-order valence-corrected chi connectivity index (χ0v) is 35.9. The van der Waals surface area contributed by atoms with Crippen LogP contribution in [0, 0.1) is 11.8 Å². The monoisotopic (exact) mass is 811 g/mol. The number of carbonyl (C=O) groups excluding carboxylic acids is 4. The van der Waals surface area contributed by atoms with Gasteiger partial charge in [-0.05, 0) is 105 Å². The summed E-state index contributed by atoms with van der Waals surface area (Å²) < 4.78 is 15.3. The largest absolute Gasteiger partial charge is 0.444 e. The molecule has 0 spiro atoms. The van der Waals surface area contributed by atoms with Crippen LogP contribution in [-0.4, -0.2) is 151 Å². The molecular weight excluding hydrogens is 741 g/mol. The normalized spacial score (nSPS) is 21.3. The fourth-order valence-corrected chi connectivity index (χ4v) is 8.13. The number of piperidine rings is 2. The lowest BCUT2D eigenvalue weighted by Crippen LogP contribution is -2.63. The van der Waals surface area contributed by atoms with E-state index < -0.39 is 29.4 Å². The van der Waals surface area contributed by atoms with Crippen LogP contribution in [0.5, 0.6) is 0 Å². The van der Waals surface area contributed by atoms with E-state index in [4.69, 9.17) is 9.47 Å². The Morgan fingerprint density at radius 3 is 1.64 bits per heavy atom. The van der Waals surface area contributed by atoms with Crippen LogP contribution in [-0.2, 0) is 32.2 Å². The summed E-state index contributed by atoms with van der Waals surface area (Å²) in [4.78, 5) is 66.8. The third kappa shape index (κ3) is 14.3. The van der Waals surface area contributed by atoms with Gasteiger partial charge in [0.2, 0.25) is 11.8 Å². The molecular formula is C42H70N10O6. The molecule has 2 aromatic heterocycles. The second-order valence-corrected chi connectivity index (χ2v) is 18.2. The number of aryl methyl sites for hydroxylation is 2. The van der Waals surface area contributed by atoms with Gasteiger partial charge >= 0.3 is 12.2 Å². The third-order valence-electron chi connectivity index (χ3n) is 11.3. The van der Waals surface area contributed by atoms with Crippen LogP contribution in [0.15, 0.2) is 37.4 Å². The molecule has 0 radical (unpaired) electrons. The molecule has 58 heavy (non-hydrogen) atoms. The topological polar surface area (TPSA) is 159 Å². The minimum atomic E-state index is -0.793. The van der Waals surface area contributed by atoms with Crippen LogP contribution in [0.3, 0.4) is 0 Å². The molecule has 2 unspecified atom stereocenters. The zero-order chi connectivity index (χ0) is 41.7. The lowest BCUT2D eigenvalue weighted by Gasteiger charge is -2.43. The fraction of sp³-hybridized carbons (Fsp3) is 0.762. The Labute approximate surface area is 345 Å². The van der Waals surface area contributed by atoms with Gasteiger partial charge in [0.15, 0.2) is 0 Å². The van der Waals surface area contributed by atoms with Gasteiger partial charge in [-0.25, -0.2) is 19.6 Å². The first-order valence-electron chi connectivity index (χ1n) is 21.6. The molecule has 0 aromatic carbocycles. The highest BCUT2D eigenvalue weighted by atomic mass is 16.6. The minimum Gasteiger partial charge on any atom is -0.444 e. The van der Waals surface area contributed by atoms with Gasteiger partial charge in [0.25, 0.3) is 0 Å². The van der Waals surface area contributed by atoms with Crippen molar-refractivity contribution in [3.05, 3.63) is 37.4 Å². The summed E-state index contributed by atoms with van der Waals surface area (Å²) in [7, 11) is 0. The van der Waals surface area contributed by atoms with Crippen LogP contribution in [0.1, 0.15) is 92.9 Å². The van der Waals surface area contributed by atoms with Crippen LogP contribution in [0.4, 0.5) is 9.59 Å². The second kappa shape index (κ2) is 21.2. The van der Waals surface area contributed by atoms with E-state index in [9.17, 15) is 19.2 Å². The smallest absolute Gasteiger partial charge is 0.411 e. The molecule has 16 nitrogen and oxygen atoms in total. The molecule has 4 saturated heterocycles. The van der Waals surface area contributed by atoms with Crippen LogP contribution in [0.2, 0.25) is 0 Å². The van der Waals surface area contributed by atoms with E-state index in [1.165, 1.54) is 22.6 Å². The molecule has 324 valence electrons. The number of nitrogens with zero attached hydrogens (tertiary/aromatic N) is 8. The van der Waals surface area contributed by atoms with Crippen molar-refractivity contribution in [2.24, 2.45) is 11.8 Å². The van der Waals surface area contributed by atoms with E-state index in [1.54, 1.807) is 27.0 Å². The summed E-state index contributed by atoms with van der Waals surface area (Å²) in [5.41, 5.74) is -1.32. The van der Waals surface area contributed by atoms with Gasteiger partial charge < -0.3 is 43.9 Å². The Kier molecular flexibility index (Phi) is 16.4. The van der Waals surface area contributed by atoms with Crippen molar-refractivity contribution in [1.29, 1.82) is 0 Å². The predicted octanol–water partition coefficient (Wildman–Crippen LogP) is 4.22. The number of hydrogen-bond acceptors (Lipinski definition) is 10. The van der Waals surface area contributed by atoms with E-state index in [0.29, 0.717) is 19.0 Å². The maximum atomic E-state index is 13.7. The molecule has 2 aromatic rings. The van der Waals surface area contributed by atoms with Gasteiger partial charge in [-0.3, -0.25) is 14.5 Å². The number of rotatable bonds is 10. The first-order chi connectivity index (χ1) is 27.6. The maximum absolute atomic E-state index is 13.7. The van der Waals surface area contributed by atoms with Crippen molar-refractivity contribution >= 4 is 24.0 Å². The molecule has 0 saturated carbocycles. The standard InChI is InChI=1S/C26H43N5O5.C16H27N5O/c1-25(2,3)35-23(33)30-16-17-31(24(34)36-26(4,5)6)21(18-30)22(32)29-13-9-20(10-14-29)8-7-12-28-15-11-27-19-28;22-16(15-12-17-5-6-19-15)21-9-3-14(4-10-21)2-1-8-20-11-7-18-13-20/h11,15,19-21H,7-10,12-14,16-18H2,1-6H3;7,11,13-15,17,19H,1-6,8-10,12H2. The van der Waals surface area contributed by atoms with Crippen LogP contribution in [0.25, 0.3) is 0 Å². The number of amides is 4. The number of carbonyl (C=O) groups is 4. The van der Waals surface area contributed by atoms with Crippen molar-refractivity contribution in [1.82, 2.24) is 49.3 Å². The summed E-state index contributed by atoms with van der Waals surface area (Å²) >= 11 is 0. The molecule has 16 heteroatoms. The summed E-state index contributed by atoms with van der Waals surface area (Å²) in [6.07, 6.45) is 19.1.